The van der Waals surface area contributed by atoms with Gasteiger partial charge in [0.15, 0.2) is 0 Å². The summed E-state index contributed by atoms with van der Waals surface area (Å²) in [6, 6.07) is 0. The molecule has 0 bridgehead atoms. The van der Waals surface area contributed by atoms with Gasteiger partial charge in [0.05, 0.1) is 6.54 Å². The summed E-state index contributed by atoms with van der Waals surface area (Å²) in [6.45, 7) is 10.9. The molecule has 0 aromatic carbocycles. The Hall–Kier alpha value is -0.570. The third kappa shape index (κ3) is 8.72. The van der Waals surface area contributed by atoms with Crippen LogP contribution in [-0.2, 0) is 4.79 Å². The zero-order valence-corrected chi connectivity index (χ0v) is 11.3. The van der Waals surface area contributed by atoms with Crippen LogP contribution in [0, 0.1) is 11.8 Å². The summed E-state index contributed by atoms with van der Waals surface area (Å²) in [5.74, 6) is 1.47. The second-order valence-electron chi connectivity index (χ2n) is 4.85. The topological polar surface area (TPSA) is 41.1 Å². The van der Waals surface area contributed by atoms with Gasteiger partial charge in [-0.1, -0.05) is 40.5 Å². The molecule has 0 atom stereocenters. The van der Waals surface area contributed by atoms with Gasteiger partial charge in [0.2, 0.25) is 5.91 Å². The van der Waals surface area contributed by atoms with Crippen LogP contribution in [0.25, 0.3) is 0 Å². The third-order valence-electron chi connectivity index (χ3n) is 2.92. The van der Waals surface area contributed by atoms with Crippen molar-refractivity contribution in [1.82, 2.24) is 10.6 Å². The maximum absolute atomic E-state index is 11.4. The van der Waals surface area contributed by atoms with Gasteiger partial charge < -0.3 is 10.6 Å². The van der Waals surface area contributed by atoms with Crippen molar-refractivity contribution >= 4 is 5.91 Å². The van der Waals surface area contributed by atoms with Gasteiger partial charge in [-0.15, -0.1) is 0 Å². The number of rotatable bonds is 9. The third-order valence-corrected chi connectivity index (χ3v) is 2.92. The summed E-state index contributed by atoms with van der Waals surface area (Å²) in [4.78, 5) is 11.4. The van der Waals surface area contributed by atoms with E-state index in [1.54, 1.807) is 0 Å². The maximum Gasteiger partial charge on any atom is 0.233 e. The van der Waals surface area contributed by atoms with Crippen molar-refractivity contribution in [3.8, 4) is 0 Å². The Morgan fingerprint density at radius 2 is 1.81 bits per heavy atom. The van der Waals surface area contributed by atoms with E-state index in [4.69, 9.17) is 0 Å². The second kappa shape index (κ2) is 9.64. The summed E-state index contributed by atoms with van der Waals surface area (Å²) in [7, 11) is 0. The zero-order valence-electron chi connectivity index (χ0n) is 11.3. The molecule has 0 saturated carbocycles. The first-order valence-electron chi connectivity index (χ1n) is 6.57. The van der Waals surface area contributed by atoms with Gasteiger partial charge >= 0.3 is 0 Å². The molecule has 0 saturated heterocycles. The lowest BCUT2D eigenvalue weighted by atomic mass is 10.0. The van der Waals surface area contributed by atoms with Crippen molar-refractivity contribution < 1.29 is 4.79 Å². The Bertz CT molecular complexity index is 177. The largest absolute Gasteiger partial charge is 0.355 e. The number of nitrogens with one attached hydrogen (secondary N) is 2. The van der Waals surface area contributed by atoms with E-state index in [0.717, 1.165) is 19.5 Å². The van der Waals surface area contributed by atoms with E-state index in [2.05, 4.69) is 38.3 Å². The molecule has 0 aliphatic heterocycles. The minimum absolute atomic E-state index is 0.117. The van der Waals surface area contributed by atoms with Crippen molar-refractivity contribution in [2.45, 2.75) is 47.0 Å². The molecule has 2 N–H and O–H groups in total. The first kappa shape index (κ1) is 15.4. The van der Waals surface area contributed by atoms with Crippen molar-refractivity contribution in [3.63, 3.8) is 0 Å². The summed E-state index contributed by atoms with van der Waals surface area (Å²) >= 11 is 0. The van der Waals surface area contributed by atoms with E-state index >= 15 is 0 Å². The number of carbonyl (C=O) groups excluding carboxylic acids is 1. The lowest BCUT2D eigenvalue weighted by Crippen LogP contribution is -2.36. The summed E-state index contributed by atoms with van der Waals surface area (Å²) < 4.78 is 0. The normalized spacial score (nSPS) is 11.1. The van der Waals surface area contributed by atoms with E-state index in [1.165, 1.54) is 12.8 Å². The number of hydrogen-bond acceptors (Lipinski definition) is 2. The summed E-state index contributed by atoms with van der Waals surface area (Å²) in [5, 5.41) is 6.14. The van der Waals surface area contributed by atoms with E-state index in [-0.39, 0.29) is 5.91 Å². The molecule has 3 nitrogen and oxygen atoms in total. The van der Waals surface area contributed by atoms with Gasteiger partial charge in [-0.2, -0.15) is 0 Å². The molecule has 0 spiro atoms. The Labute approximate surface area is 100 Å². The van der Waals surface area contributed by atoms with Crippen LogP contribution in [0.15, 0.2) is 0 Å². The molecule has 0 fully saturated rings. The average molecular weight is 228 g/mol. The Morgan fingerprint density at radius 1 is 1.19 bits per heavy atom. The maximum atomic E-state index is 11.4. The van der Waals surface area contributed by atoms with Crippen LogP contribution in [-0.4, -0.2) is 25.5 Å². The number of hydrogen-bond donors (Lipinski definition) is 2. The van der Waals surface area contributed by atoms with Crippen LogP contribution in [0.3, 0.4) is 0 Å². The van der Waals surface area contributed by atoms with Gasteiger partial charge in [-0.05, 0) is 24.8 Å². The average Bonchev–Trinajstić information content (AvgIpc) is 2.24. The molecule has 0 aromatic heterocycles. The Balaban J connectivity index is 3.43. The molecular weight excluding hydrogens is 200 g/mol. The SMILES string of the molecule is CCC(CC)CNCC(=O)NCCC(C)C. The minimum atomic E-state index is 0.117. The molecule has 3 heteroatoms. The second-order valence-corrected chi connectivity index (χ2v) is 4.85. The fourth-order valence-corrected chi connectivity index (χ4v) is 1.53. The predicted molar refractivity (Wildman–Crippen MR) is 69.4 cm³/mol. The van der Waals surface area contributed by atoms with E-state index in [0.29, 0.717) is 18.4 Å². The molecule has 0 heterocycles. The fourth-order valence-electron chi connectivity index (χ4n) is 1.53. The van der Waals surface area contributed by atoms with Crippen molar-refractivity contribution in [3.05, 3.63) is 0 Å². The molecule has 0 aliphatic carbocycles. The highest BCUT2D eigenvalue weighted by Crippen LogP contribution is 2.04. The van der Waals surface area contributed by atoms with E-state index in [1.807, 2.05) is 0 Å². The Kier molecular flexibility index (Phi) is 9.30. The standard InChI is InChI=1S/C13H28N2O/c1-5-12(6-2)9-14-10-13(16)15-8-7-11(3)4/h11-12,14H,5-10H2,1-4H3,(H,15,16). The van der Waals surface area contributed by atoms with Crippen molar-refractivity contribution in [1.29, 1.82) is 0 Å². The number of carbonyl (C=O) groups is 1. The lowest BCUT2D eigenvalue weighted by Gasteiger charge is -2.13. The highest BCUT2D eigenvalue weighted by atomic mass is 16.1. The van der Waals surface area contributed by atoms with Crippen molar-refractivity contribution in [2.24, 2.45) is 11.8 Å². The van der Waals surface area contributed by atoms with Gasteiger partial charge in [-0.3, -0.25) is 4.79 Å². The van der Waals surface area contributed by atoms with E-state index < -0.39 is 0 Å². The van der Waals surface area contributed by atoms with Crippen LogP contribution in [0.4, 0.5) is 0 Å². The van der Waals surface area contributed by atoms with E-state index in [9.17, 15) is 4.79 Å². The van der Waals surface area contributed by atoms with Gasteiger partial charge in [0, 0.05) is 6.54 Å². The molecular formula is C13H28N2O. The zero-order chi connectivity index (χ0) is 12.4. The quantitative estimate of drug-likeness (QED) is 0.635. The van der Waals surface area contributed by atoms with Crippen LogP contribution in [0.1, 0.15) is 47.0 Å². The molecule has 1 amide bonds. The fraction of sp³-hybridized carbons (Fsp3) is 0.923. The van der Waals surface area contributed by atoms with Gasteiger partial charge in [-0.25, -0.2) is 0 Å². The summed E-state index contributed by atoms with van der Waals surface area (Å²) in [5.41, 5.74) is 0. The van der Waals surface area contributed by atoms with Gasteiger partial charge in [0.1, 0.15) is 0 Å². The van der Waals surface area contributed by atoms with Gasteiger partial charge in [0.25, 0.3) is 0 Å². The molecule has 0 unspecified atom stereocenters. The molecule has 96 valence electrons. The van der Waals surface area contributed by atoms with Crippen molar-refractivity contribution in [2.75, 3.05) is 19.6 Å². The van der Waals surface area contributed by atoms with Crippen LogP contribution >= 0.6 is 0 Å². The monoisotopic (exact) mass is 228 g/mol. The first-order chi connectivity index (χ1) is 7.60. The molecule has 0 aliphatic rings. The summed E-state index contributed by atoms with van der Waals surface area (Å²) in [6.07, 6.45) is 3.41. The molecule has 0 radical (unpaired) electrons. The predicted octanol–water partition coefficient (Wildman–Crippen LogP) is 2.17. The highest BCUT2D eigenvalue weighted by Gasteiger charge is 2.04. The highest BCUT2D eigenvalue weighted by molar-refractivity contribution is 5.77. The smallest absolute Gasteiger partial charge is 0.233 e. The first-order valence-corrected chi connectivity index (χ1v) is 6.57. The molecule has 0 rings (SSSR count). The molecule has 16 heavy (non-hydrogen) atoms. The number of amides is 1. The van der Waals surface area contributed by atoms with Crippen LogP contribution < -0.4 is 10.6 Å². The van der Waals surface area contributed by atoms with Crippen LogP contribution in [0.2, 0.25) is 0 Å². The lowest BCUT2D eigenvalue weighted by molar-refractivity contribution is -0.120. The Morgan fingerprint density at radius 3 is 2.31 bits per heavy atom. The molecule has 0 aromatic rings. The van der Waals surface area contributed by atoms with Crippen LogP contribution in [0.5, 0.6) is 0 Å². The minimum Gasteiger partial charge on any atom is -0.355 e.